The molecule has 3 aromatic rings. The van der Waals surface area contributed by atoms with Gasteiger partial charge in [0.15, 0.2) is 0 Å². The number of aromatic nitrogens is 3. The van der Waals surface area contributed by atoms with E-state index in [1.165, 1.54) is 12.4 Å². The Morgan fingerprint density at radius 3 is 2.31 bits per heavy atom. The molecule has 5 amide bonds. The van der Waals surface area contributed by atoms with E-state index in [0.29, 0.717) is 95.6 Å². The zero-order chi connectivity index (χ0) is 52.8. The first kappa shape index (κ1) is 54.3. The smallest absolute Gasteiger partial charge is 0.378 e. The summed E-state index contributed by atoms with van der Waals surface area (Å²) in [5.74, 6) is -0.815. The normalized spacial score (nSPS) is 28.5. The number of carbonyl (C=O) groups is 5. The summed E-state index contributed by atoms with van der Waals surface area (Å²) in [6, 6.07) is 6.27. The molecule has 17 nitrogen and oxygen atoms in total. The maximum atomic E-state index is 14.1. The van der Waals surface area contributed by atoms with Crippen LogP contribution < -0.4 is 21.3 Å². The van der Waals surface area contributed by atoms with Crippen LogP contribution >= 0.6 is 0 Å². The second-order valence-corrected chi connectivity index (χ2v) is 22.1. The molecule has 6 aliphatic rings. The third kappa shape index (κ3) is 13.4. The number of hydrogen-bond donors (Lipinski definition) is 4. The Kier molecular flexibility index (Phi) is 17.6. The molecule has 4 saturated carbocycles. The molecule has 9 rings (SSSR count). The van der Waals surface area contributed by atoms with Gasteiger partial charge in [0.25, 0.3) is 0 Å². The quantitative estimate of drug-likeness (QED) is 0.0901. The second-order valence-electron chi connectivity index (χ2n) is 22.1. The first-order valence-corrected chi connectivity index (χ1v) is 27.5. The lowest BCUT2D eigenvalue weighted by molar-refractivity contribution is -0.137. The molecule has 4 aliphatic carbocycles. The molecule has 4 N–H and O–H groups in total. The van der Waals surface area contributed by atoms with E-state index in [1.807, 2.05) is 21.9 Å². The highest BCUT2D eigenvalue weighted by molar-refractivity contribution is 5.94. The van der Waals surface area contributed by atoms with Gasteiger partial charge in [0.1, 0.15) is 18.2 Å². The number of amides is 5. The third-order valence-corrected chi connectivity index (χ3v) is 16.8. The van der Waals surface area contributed by atoms with Crippen LogP contribution in [0.4, 0.5) is 19.0 Å². The van der Waals surface area contributed by atoms with Crippen molar-refractivity contribution in [3.8, 4) is 0 Å². The van der Waals surface area contributed by atoms with E-state index in [4.69, 9.17) is 9.47 Å². The Morgan fingerprint density at radius 1 is 0.867 bits per heavy atom. The molecule has 0 radical (unpaired) electrons. The topological polar surface area (TPSA) is 200 Å². The minimum Gasteiger partial charge on any atom is -0.378 e. The lowest BCUT2D eigenvalue weighted by atomic mass is 9.82. The van der Waals surface area contributed by atoms with Gasteiger partial charge in [-0.25, -0.2) is 9.97 Å². The number of carbonyl (C=O) groups excluding carboxylic acids is 5. The van der Waals surface area contributed by atoms with Crippen LogP contribution in [0.3, 0.4) is 0 Å². The van der Waals surface area contributed by atoms with Gasteiger partial charge in [-0.3, -0.25) is 29.0 Å². The number of hydrogen-bond acceptors (Lipinski definition) is 12. The van der Waals surface area contributed by atoms with E-state index in [1.54, 1.807) is 12.4 Å². The number of nitrogens with one attached hydrogen (secondary N) is 4. The predicted molar refractivity (Wildman–Crippen MR) is 274 cm³/mol. The number of ether oxygens (including phenoxy) is 2. The Hall–Kier alpha value is -5.47. The SMILES string of the molecule is CC(C)N(C)[C@@H]1CC[C@H](N2CC[C@H](Nc3ncnc4ccc(C(F)(F)F)cc34)C2=O)[C@H](NC(=O)C2CCC(NC(=O)CCCOC3CCC(OCCNC(=O)[C@H]4CC(=O)N(C5CC5)[C@@H]4c4cccnc4)CC3)CC2)C1. The van der Waals surface area contributed by atoms with E-state index in [2.05, 4.69) is 62.0 Å². The summed E-state index contributed by atoms with van der Waals surface area (Å²) in [5, 5.41) is 12.9. The van der Waals surface area contributed by atoms with Crippen LogP contribution in [0.15, 0.2) is 49.1 Å². The molecule has 6 fully saturated rings. The van der Waals surface area contributed by atoms with Crippen LogP contribution in [0.25, 0.3) is 10.9 Å². The van der Waals surface area contributed by atoms with Gasteiger partial charge in [-0.1, -0.05) is 6.07 Å². The highest BCUT2D eigenvalue weighted by atomic mass is 19.4. The molecule has 20 heteroatoms. The fourth-order valence-electron chi connectivity index (χ4n) is 12.3. The van der Waals surface area contributed by atoms with E-state index in [-0.39, 0.29) is 102 Å². The number of likely N-dealkylation sites (tertiary alicyclic amines) is 2. The Balaban J connectivity index is 0.664. The molecule has 2 saturated heterocycles. The Bertz CT molecular complexity index is 2470. The van der Waals surface area contributed by atoms with Crippen molar-refractivity contribution in [3.63, 3.8) is 0 Å². The molecule has 408 valence electrons. The largest absolute Gasteiger partial charge is 0.416 e. The Labute approximate surface area is 437 Å². The maximum absolute atomic E-state index is 14.1. The number of halogens is 3. The minimum atomic E-state index is -4.55. The van der Waals surface area contributed by atoms with Crippen molar-refractivity contribution < 1.29 is 46.6 Å². The van der Waals surface area contributed by atoms with Gasteiger partial charge in [0, 0.05) is 80.4 Å². The van der Waals surface area contributed by atoms with Crippen LogP contribution in [0, 0.1) is 11.8 Å². The molecule has 1 aromatic carbocycles. The fraction of sp³-hybridized carbons (Fsp3) is 0.673. The van der Waals surface area contributed by atoms with Crippen LogP contribution in [0.5, 0.6) is 0 Å². The molecule has 2 aromatic heterocycles. The Morgan fingerprint density at radius 2 is 1.61 bits per heavy atom. The van der Waals surface area contributed by atoms with Crippen LogP contribution in [-0.2, 0) is 39.6 Å². The number of benzene rings is 1. The van der Waals surface area contributed by atoms with Gasteiger partial charge in [-0.15, -0.1) is 0 Å². The zero-order valence-electron chi connectivity index (χ0n) is 43.6. The molecule has 2 aliphatic heterocycles. The van der Waals surface area contributed by atoms with Gasteiger partial charge >= 0.3 is 6.18 Å². The van der Waals surface area contributed by atoms with E-state index >= 15 is 0 Å². The third-order valence-electron chi connectivity index (χ3n) is 16.8. The monoisotopic (exact) mass is 1040 g/mol. The number of rotatable bonds is 20. The van der Waals surface area contributed by atoms with E-state index in [0.717, 1.165) is 62.6 Å². The minimum absolute atomic E-state index is 0.00960. The van der Waals surface area contributed by atoms with Crippen molar-refractivity contribution in [1.82, 2.24) is 45.6 Å². The summed E-state index contributed by atoms with van der Waals surface area (Å²) >= 11 is 0. The average Bonchev–Trinajstić information content (AvgIpc) is 4.10. The van der Waals surface area contributed by atoms with Crippen molar-refractivity contribution in [2.75, 3.05) is 38.7 Å². The summed E-state index contributed by atoms with van der Waals surface area (Å²) in [7, 11) is 2.09. The van der Waals surface area contributed by atoms with Crippen molar-refractivity contribution in [3.05, 3.63) is 60.2 Å². The molecule has 4 heterocycles. The molecule has 75 heavy (non-hydrogen) atoms. The van der Waals surface area contributed by atoms with E-state index < -0.39 is 23.7 Å². The maximum Gasteiger partial charge on any atom is 0.416 e. The number of nitrogens with zero attached hydrogens (tertiary/aromatic N) is 6. The summed E-state index contributed by atoms with van der Waals surface area (Å²) in [5.41, 5.74) is 0.411. The average molecular weight is 1050 g/mol. The fourth-order valence-corrected chi connectivity index (χ4v) is 12.3. The molecule has 0 bridgehead atoms. The number of pyridine rings is 1. The predicted octanol–water partition coefficient (Wildman–Crippen LogP) is 6.47. The van der Waals surface area contributed by atoms with Gasteiger partial charge in [-0.05, 0) is 147 Å². The van der Waals surface area contributed by atoms with Gasteiger partial charge in [0.2, 0.25) is 29.5 Å². The lowest BCUT2D eigenvalue weighted by Crippen LogP contribution is -2.59. The van der Waals surface area contributed by atoms with Crippen molar-refractivity contribution in [2.24, 2.45) is 11.8 Å². The van der Waals surface area contributed by atoms with Gasteiger partial charge < -0.3 is 45.4 Å². The number of alkyl halides is 3. The summed E-state index contributed by atoms with van der Waals surface area (Å²) in [4.78, 5) is 86.1. The number of fused-ring (bicyclic) bond motifs is 1. The molecular formula is C55H75F3N10O7. The highest BCUT2D eigenvalue weighted by Crippen LogP contribution is 2.45. The molecule has 0 unspecified atom stereocenters. The second kappa shape index (κ2) is 24.2. The first-order valence-electron chi connectivity index (χ1n) is 27.5. The first-order chi connectivity index (χ1) is 36.1. The van der Waals surface area contributed by atoms with E-state index in [9.17, 15) is 37.1 Å². The zero-order valence-corrected chi connectivity index (χ0v) is 43.6. The van der Waals surface area contributed by atoms with Crippen LogP contribution in [0.2, 0.25) is 0 Å². The number of anilines is 1. The summed E-state index contributed by atoms with van der Waals surface area (Å²) in [6.07, 6.45) is 12.3. The van der Waals surface area contributed by atoms with Crippen LogP contribution in [-0.4, -0.2) is 147 Å². The highest BCUT2D eigenvalue weighted by Gasteiger charge is 2.50. The van der Waals surface area contributed by atoms with Gasteiger partial charge in [-0.2, -0.15) is 13.2 Å². The molecule has 0 spiro atoms. The van der Waals surface area contributed by atoms with Crippen molar-refractivity contribution in [1.29, 1.82) is 0 Å². The van der Waals surface area contributed by atoms with Gasteiger partial charge in [0.05, 0.1) is 53.9 Å². The molecular weight excluding hydrogens is 970 g/mol. The summed E-state index contributed by atoms with van der Waals surface area (Å²) < 4.78 is 53.2. The van der Waals surface area contributed by atoms with Crippen molar-refractivity contribution in [2.45, 2.75) is 190 Å². The standard InChI is InChI=1S/C55H75F3N10O7/c1-33(2)66(3)39-15-21-47(67-25-22-45(54(67)73)64-51-42-28-36(55(56,57)58)10-20-44(42)61-32-62-51)46(29-39)65-52(71)34-8-11-37(12-9-34)63-48(69)7-5-26-74-40-16-18-41(19-17-40)75-27-24-60-53(72)43-30-49(70)68(38-13-14-38)50(43)35-6-4-23-59-31-35/h4,6,10,20,23,28,31-34,37-41,43,45-47,50H,5,7-9,11-19,21-22,24-27,29-30H2,1-3H3,(H,60,72)(H,63,69)(H,65,71)(H,61,62,64)/t34?,37?,39-,40?,41?,43+,45+,46-,47+,50-/m1/s1. The van der Waals surface area contributed by atoms with Crippen molar-refractivity contribution >= 4 is 46.3 Å². The van der Waals surface area contributed by atoms with Crippen LogP contribution in [0.1, 0.15) is 140 Å². The molecule has 6 atom stereocenters. The lowest BCUT2D eigenvalue weighted by Gasteiger charge is -2.45. The summed E-state index contributed by atoms with van der Waals surface area (Å²) in [6.45, 7) is 5.99.